The molecule has 1 aromatic rings. The number of hydrogen-bond donors (Lipinski definition) is 2. The van der Waals surface area contributed by atoms with Gasteiger partial charge in [0, 0.05) is 6.42 Å². The first-order valence-electron chi connectivity index (χ1n) is 6.24. The molecule has 4 heteroatoms. The van der Waals surface area contributed by atoms with Crippen LogP contribution in [0.1, 0.15) is 43.6 Å². The lowest BCUT2D eigenvalue weighted by molar-refractivity contribution is -0.121. The van der Waals surface area contributed by atoms with Crippen LogP contribution in [-0.4, -0.2) is 12.5 Å². The van der Waals surface area contributed by atoms with Crippen LogP contribution in [0.2, 0.25) is 0 Å². The first kappa shape index (κ1) is 13.8. The standard InChI is InChI=1S/C13H22N2O2/c1-11-7-8-12(17-11)10-15-13(16)6-4-2-3-5-9-14/h7-8H,2-6,9-10,14H2,1H3,(H,15,16). The summed E-state index contributed by atoms with van der Waals surface area (Å²) in [4.78, 5) is 11.5. The molecule has 1 rings (SSSR count). The van der Waals surface area contributed by atoms with E-state index in [0.29, 0.717) is 13.0 Å². The average molecular weight is 238 g/mol. The first-order valence-corrected chi connectivity index (χ1v) is 6.24. The molecule has 17 heavy (non-hydrogen) atoms. The predicted octanol–water partition coefficient (Wildman–Crippen LogP) is 2.11. The lowest BCUT2D eigenvalue weighted by Crippen LogP contribution is -2.22. The Balaban J connectivity index is 2.05. The number of amides is 1. The van der Waals surface area contributed by atoms with Crippen molar-refractivity contribution < 1.29 is 9.21 Å². The van der Waals surface area contributed by atoms with Crippen molar-refractivity contribution in [1.82, 2.24) is 5.32 Å². The van der Waals surface area contributed by atoms with Gasteiger partial charge in [-0.2, -0.15) is 0 Å². The molecule has 0 aliphatic carbocycles. The monoisotopic (exact) mass is 238 g/mol. The molecule has 0 spiro atoms. The van der Waals surface area contributed by atoms with E-state index in [0.717, 1.165) is 43.7 Å². The molecule has 0 saturated heterocycles. The van der Waals surface area contributed by atoms with E-state index >= 15 is 0 Å². The van der Waals surface area contributed by atoms with Crippen LogP contribution in [0, 0.1) is 6.92 Å². The number of carbonyl (C=O) groups is 1. The molecule has 0 unspecified atom stereocenters. The van der Waals surface area contributed by atoms with Crippen LogP contribution < -0.4 is 11.1 Å². The van der Waals surface area contributed by atoms with Crippen molar-refractivity contribution in [2.24, 2.45) is 5.73 Å². The molecule has 0 radical (unpaired) electrons. The molecule has 0 saturated carbocycles. The fourth-order valence-corrected chi connectivity index (χ4v) is 1.64. The molecule has 0 aromatic carbocycles. The molecular formula is C13H22N2O2. The maximum atomic E-state index is 11.5. The number of nitrogens with two attached hydrogens (primary N) is 1. The van der Waals surface area contributed by atoms with E-state index < -0.39 is 0 Å². The minimum absolute atomic E-state index is 0.0896. The highest BCUT2D eigenvalue weighted by Crippen LogP contribution is 2.06. The van der Waals surface area contributed by atoms with Crippen LogP contribution in [0.15, 0.2) is 16.5 Å². The Labute approximate surface area is 103 Å². The highest BCUT2D eigenvalue weighted by atomic mass is 16.3. The van der Waals surface area contributed by atoms with E-state index in [1.165, 1.54) is 0 Å². The second kappa shape index (κ2) is 7.90. The normalized spacial score (nSPS) is 10.5. The van der Waals surface area contributed by atoms with E-state index in [1.807, 2.05) is 19.1 Å². The summed E-state index contributed by atoms with van der Waals surface area (Å²) in [6.45, 7) is 3.11. The fourth-order valence-electron chi connectivity index (χ4n) is 1.64. The van der Waals surface area contributed by atoms with Gasteiger partial charge in [0.05, 0.1) is 6.54 Å². The van der Waals surface area contributed by atoms with Gasteiger partial charge in [-0.25, -0.2) is 0 Å². The van der Waals surface area contributed by atoms with E-state index in [9.17, 15) is 4.79 Å². The predicted molar refractivity (Wildman–Crippen MR) is 67.4 cm³/mol. The molecule has 3 N–H and O–H groups in total. The summed E-state index contributed by atoms with van der Waals surface area (Å²) >= 11 is 0. The van der Waals surface area contributed by atoms with Gasteiger partial charge in [-0.15, -0.1) is 0 Å². The van der Waals surface area contributed by atoms with Gasteiger partial charge in [-0.05, 0) is 38.4 Å². The van der Waals surface area contributed by atoms with Crippen LogP contribution in [-0.2, 0) is 11.3 Å². The van der Waals surface area contributed by atoms with Gasteiger partial charge in [0.1, 0.15) is 11.5 Å². The van der Waals surface area contributed by atoms with Gasteiger partial charge in [-0.3, -0.25) is 4.79 Å². The maximum Gasteiger partial charge on any atom is 0.220 e. The SMILES string of the molecule is Cc1ccc(CNC(=O)CCCCCCN)o1. The summed E-state index contributed by atoms with van der Waals surface area (Å²) in [5.74, 6) is 1.77. The Morgan fingerprint density at radius 1 is 1.29 bits per heavy atom. The van der Waals surface area contributed by atoms with Gasteiger partial charge in [0.25, 0.3) is 0 Å². The van der Waals surface area contributed by atoms with E-state index in [1.54, 1.807) is 0 Å². The number of aryl methyl sites for hydroxylation is 1. The molecule has 1 aromatic heterocycles. The topological polar surface area (TPSA) is 68.3 Å². The molecule has 0 aliphatic rings. The number of furan rings is 1. The molecular weight excluding hydrogens is 216 g/mol. The molecule has 0 atom stereocenters. The molecule has 0 fully saturated rings. The lowest BCUT2D eigenvalue weighted by Gasteiger charge is -2.03. The molecule has 96 valence electrons. The van der Waals surface area contributed by atoms with E-state index in [-0.39, 0.29) is 5.91 Å². The molecule has 4 nitrogen and oxygen atoms in total. The summed E-state index contributed by atoms with van der Waals surface area (Å²) in [5, 5.41) is 2.85. The molecule has 0 aliphatic heterocycles. The number of unbranched alkanes of at least 4 members (excludes halogenated alkanes) is 3. The Hall–Kier alpha value is -1.29. The van der Waals surface area contributed by atoms with Crippen molar-refractivity contribution in [3.05, 3.63) is 23.7 Å². The summed E-state index contributed by atoms with van der Waals surface area (Å²) in [6, 6.07) is 3.78. The highest BCUT2D eigenvalue weighted by Gasteiger charge is 2.03. The van der Waals surface area contributed by atoms with Crippen molar-refractivity contribution in [2.45, 2.75) is 45.6 Å². The zero-order chi connectivity index (χ0) is 12.5. The number of carbonyl (C=O) groups excluding carboxylic acids is 1. The second-order valence-electron chi connectivity index (χ2n) is 4.24. The number of rotatable bonds is 8. The lowest BCUT2D eigenvalue weighted by atomic mass is 10.1. The fraction of sp³-hybridized carbons (Fsp3) is 0.615. The minimum atomic E-state index is 0.0896. The van der Waals surface area contributed by atoms with Crippen molar-refractivity contribution in [2.75, 3.05) is 6.54 Å². The summed E-state index contributed by atoms with van der Waals surface area (Å²) < 4.78 is 5.36. The van der Waals surface area contributed by atoms with Crippen molar-refractivity contribution >= 4 is 5.91 Å². The Kier molecular flexibility index (Phi) is 6.40. The molecule has 1 heterocycles. The summed E-state index contributed by atoms with van der Waals surface area (Å²) in [7, 11) is 0. The van der Waals surface area contributed by atoms with Gasteiger partial charge in [-0.1, -0.05) is 12.8 Å². The Bertz CT molecular complexity index is 334. The van der Waals surface area contributed by atoms with Gasteiger partial charge in [0.2, 0.25) is 5.91 Å². The zero-order valence-corrected chi connectivity index (χ0v) is 10.5. The van der Waals surface area contributed by atoms with Crippen LogP contribution in [0.4, 0.5) is 0 Å². The highest BCUT2D eigenvalue weighted by molar-refractivity contribution is 5.75. The Morgan fingerprint density at radius 3 is 2.71 bits per heavy atom. The molecule has 0 bridgehead atoms. The third-order valence-electron chi connectivity index (χ3n) is 2.61. The smallest absolute Gasteiger partial charge is 0.220 e. The largest absolute Gasteiger partial charge is 0.465 e. The summed E-state index contributed by atoms with van der Waals surface area (Å²) in [6.07, 6.45) is 4.76. The third-order valence-corrected chi connectivity index (χ3v) is 2.61. The van der Waals surface area contributed by atoms with Crippen LogP contribution in [0.5, 0.6) is 0 Å². The van der Waals surface area contributed by atoms with Gasteiger partial charge in [0.15, 0.2) is 0 Å². The number of hydrogen-bond acceptors (Lipinski definition) is 3. The minimum Gasteiger partial charge on any atom is -0.465 e. The third kappa shape index (κ3) is 6.12. The van der Waals surface area contributed by atoms with Crippen LogP contribution in [0.3, 0.4) is 0 Å². The Morgan fingerprint density at radius 2 is 2.06 bits per heavy atom. The second-order valence-corrected chi connectivity index (χ2v) is 4.24. The average Bonchev–Trinajstić information content (AvgIpc) is 2.72. The van der Waals surface area contributed by atoms with Gasteiger partial charge < -0.3 is 15.5 Å². The number of nitrogens with one attached hydrogen (secondary N) is 1. The zero-order valence-electron chi connectivity index (χ0n) is 10.5. The van der Waals surface area contributed by atoms with E-state index in [2.05, 4.69) is 5.32 Å². The van der Waals surface area contributed by atoms with Gasteiger partial charge >= 0.3 is 0 Å². The maximum absolute atomic E-state index is 11.5. The summed E-state index contributed by atoms with van der Waals surface area (Å²) in [5.41, 5.74) is 5.39. The van der Waals surface area contributed by atoms with Crippen molar-refractivity contribution in [3.63, 3.8) is 0 Å². The van der Waals surface area contributed by atoms with Crippen LogP contribution in [0.25, 0.3) is 0 Å². The first-order chi connectivity index (χ1) is 8.22. The van der Waals surface area contributed by atoms with E-state index in [4.69, 9.17) is 10.2 Å². The quantitative estimate of drug-likeness (QED) is 0.682. The van der Waals surface area contributed by atoms with Crippen molar-refractivity contribution in [1.29, 1.82) is 0 Å². The van der Waals surface area contributed by atoms with Crippen LogP contribution >= 0.6 is 0 Å². The molecule has 1 amide bonds. The van der Waals surface area contributed by atoms with Crippen molar-refractivity contribution in [3.8, 4) is 0 Å².